The van der Waals surface area contributed by atoms with E-state index >= 15 is 0 Å². The maximum absolute atomic E-state index is 6.16. The van der Waals surface area contributed by atoms with Crippen LogP contribution in [0.1, 0.15) is 18.9 Å². The largest absolute Gasteiger partial charge is 0.491 e. The highest BCUT2D eigenvalue weighted by Crippen LogP contribution is 2.26. The fourth-order valence-electron chi connectivity index (χ4n) is 1.47. The molecule has 1 aromatic carbocycles. The highest BCUT2D eigenvalue weighted by atomic mass is 35.5. The zero-order valence-electron chi connectivity index (χ0n) is 10.4. The van der Waals surface area contributed by atoms with E-state index in [4.69, 9.17) is 22.1 Å². The molecule has 2 nitrogen and oxygen atoms in total. The molecule has 0 saturated heterocycles. The van der Waals surface area contributed by atoms with Gasteiger partial charge in [0.05, 0.1) is 11.6 Å². The first-order valence-corrected chi connectivity index (χ1v) is 7.60. The van der Waals surface area contributed by atoms with Crippen LogP contribution in [0.3, 0.4) is 0 Å². The summed E-state index contributed by atoms with van der Waals surface area (Å²) in [6.45, 7) is 2.78. The Labute approximate surface area is 113 Å². The average molecular weight is 274 g/mol. The summed E-state index contributed by atoms with van der Waals surface area (Å²) >= 11 is 7.92. The molecule has 0 aliphatic heterocycles. The SMILES string of the molecule is CCC(N)Cc1ccc(OCCSC)c(Cl)c1. The van der Waals surface area contributed by atoms with Crippen molar-refractivity contribution in [3.63, 3.8) is 0 Å². The number of rotatable bonds is 7. The van der Waals surface area contributed by atoms with Crippen molar-refractivity contribution in [1.29, 1.82) is 0 Å². The van der Waals surface area contributed by atoms with Crippen molar-refractivity contribution < 1.29 is 4.74 Å². The molecule has 1 unspecified atom stereocenters. The maximum Gasteiger partial charge on any atom is 0.137 e. The van der Waals surface area contributed by atoms with E-state index in [1.807, 2.05) is 18.2 Å². The van der Waals surface area contributed by atoms with Crippen molar-refractivity contribution in [2.24, 2.45) is 5.73 Å². The standard InChI is InChI=1S/C13H20ClNOS/c1-3-11(15)8-10-4-5-13(12(14)9-10)16-6-7-17-2/h4-5,9,11H,3,6-8,15H2,1-2H3. The summed E-state index contributed by atoms with van der Waals surface area (Å²) in [6.07, 6.45) is 3.89. The molecule has 1 atom stereocenters. The second-order valence-corrected chi connectivity index (χ2v) is 5.37. The molecule has 0 aliphatic carbocycles. The maximum atomic E-state index is 6.16. The first-order valence-electron chi connectivity index (χ1n) is 5.83. The lowest BCUT2D eigenvalue weighted by molar-refractivity contribution is 0.344. The van der Waals surface area contributed by atoms with E-state index in [-0.39, 0.29) is 6.04 Å². The van der Waals surface area contributed by atoms with Crippen molar-refractivity contribution in [2.75, 3.05) is 18.6 Å². The van der Waals surface area contributed by atoms with Crippen LogP contribution in [-0.4, -0.2) is 24.7 Å². The Morgan fingerprint density at radius 2 is 2.24 bits per heavy atom. The van der Waals surface area contributed by atoms with E-state index in [2.05, 4.69) is 13.2 Å². The zero-order valence-corrected chi connectivity index (χ0v) is 12.0. The van der Waals surface area contributed by atoms with E-state index < -0.39 is 0 Å². The monoisotopic (exact) mass is 273 g/mol. The highest BCUT2D eigenvalue weighted by Gasteiger charge is 2.06. The van der Waals surface area contributed by atoms with E-state index in [1.165, 1.54) is 5.56 Å². The van der Waals surface area contributed by atoms with Crippen LogP contribution < -0.4 is 10.5 Å². The van der Waals surface area contributed by atoms with Crippen LogP contribution in [0.4, 0.5) is 0 Å². The summed E-state index contributed by atoms with van der Waals surface area (Å²) < 4.78 is 5.58. The van der Waals surface area contributed by atoms with Crippen LogP contribution >= 0.6 is 23.4 Å². The second-order valence-electron chi connectivity index (χ2n) is 3.98. The topological polar surface area (TPSA) is 35.2 Å². The van der Waals surface area contributed by atoms with Gasteiger partial charge in [-0.1, -0.05) is 24.6 Å². The lowest BCUT2D eigenvalue weighted by atomic mass is 10.0. The number of ether oxygens (including phenoxy) is 1. The third kappa shape index (κ3) is 5.19. The minimum absolute atomic E-state index is 0.203. The van der Waals surface area contributed by atoms with Gasteiger partial charge < -0.3 is 10.5 Å². The molecule has 0 heterocycles. The predicted molar refractivity (Wildman–Crippen MR) is 77.3 cm³/mol. The van der Waals surface area contributed by atoms with Gasteiger partial charge >= 0.3 is 0 Å². The van der Waals surface area contributed by atoms with Crippen molar-refractivity contribution >= 4 is 23.4 Å². The van der Waals surface area contributed by atoms with E-state index in [1.54, 1.807) is 11.8 Å². The minimum atomic E-state index is 0.203. The van der Waals surface area contributed by atoms with Gasteiger partial charge in [0, 0.05) is 11.8 Å². The van der Waals surface area contributed by atoms with Gasteiger partial charge in [-0.25, -0.2) is 0 Å². The Morgan fingerprint density at radius 1 is 1.47 bits per heavy atom. The molecule has 1 rings (SSSR count). The van der Waals surface area contributed by atoms with E-state index in [9.17, 15) is 0 Å². The summed E-state index contributed by atoms with van der Waals surface area (Å²) in [6, 6.07) is 6.12. The molecular weight excluding hydrogens is 254 g/mol. The molecule has 4 heteroatoms. The molecule has 1 aromatic rings. The molecule has 0 amide bonds. The average Bonchev–Trinajstić information content (AvgIpc) is 2.32. The van der Waals surface area contributed by atoms with Crippen LogP contribution in [0.25, 0.3) is 0 Å². The Hall–Kier alpha value is -0.380. The summed E-state index contributed by atoms with van der Waals surface area (Å²) in [5.74, 6) is 1.73. The minimum Gasteiger partial charge on any atom is -0.491 e. The van der Waals surface area contributed by atoms with E-state index in [0.29, 0.717) is 11.6 Å². The molecule has 0 fully saturated rings. The van der Waals surface area contributed by atoms with Crippen LogP contribution in [0.15, 0.2) is 18.2 Å². The third-order valence-electron chi connectivity index (χ3n) is 2.56. The van der Waals surface area contributed by atoms with Gasteiger partial charge in [-0.2, -0.15) is 11.8 Å². The Balaban J connectivity index is 2.59. The quantitative estimate of drug-likeness (QED) is 0.774. The molecule has 0 aliphatic rings. The first kappa shape index (κ1) is 14.7. The van der Waals surface area contributed by atoms with Crippen LogP contribution in [0.5, 0.6) is 5.75 Å². The van der Waals surface area contributed by atoms with Gasteiger partial charge in [0.2, 0.25) is 0 Å². The molecule has 17 heavy (non-hydrogen) atoms. The lowest BCUT2D eigenvalue weighted by Gasteiger charge is -2.11. The fourth-order valence-corrected chi connectivity index (χ4v) is 1.98. The number of thioether (sulfide) groups is 1. The Bertz CT molecular complexity index is 346. The smallest absolute Gasteiger partial charge is 0.137 e. The van der Waals surface area contributed by atoms with Crippen molar-refractivity contribution in [1.82, 2.24) is 0 Å². The summed E-state index contributed by atoms with van der Waals surface area (Å²) in [5, 5.41) is 0.673. The van der Waals surface area contributed by atoms with Crippen LogP contribution in [0.2, 0.25) is 5.02 Å². The van der Waals surface area contributed by atoms with E-state index in [0.717, 1.165) is 24.3 Å². The predicted octanol–water partition coefficient (Wildman–Crippen LogP) is 3.36. The van der Waals surface area contributed by atoms with Crippen molar-refractivity contribution in [3.8, 4) is 5.75 Å². The van der Waals surface area contributed by atoms with Crippen molar-refractivity contribution in [3.05, 3.63) is 28.8 Å². The normalized spacial score (nSPS) is 12.5. The lowest BCUT2D eigenvalue weighted by Crippen LogP contribution is -2.21. The Morgan fingerprint density at radius 3 is 2.82 bits per heavy atom. The number of benzene rings is 1. The summed E-state index contributed by atoms with van der Waals surface area (Å²) in [5.41, 5.74) is 7.08. The molecule has 0 saturated carbocycles. The summed E-state index contributed by atoms with van der Waals surface area (Å²) in [7, 11) is 0. The second kappa shape index (κ2) is 7.85. The van der Waals surface area contributed by atoms with Gasteiger partial charge in [-0.3, -0.25) is 0 Å². The summed E-state index contributed by atoms with van der Waals surface area (Å²) in [4.78, 5) is 0. The number of hydrogen-bond donors (Lipinski definition) is 1. The molecular formula is C13H20ClNOS. The molecule has 0 bridgehead atoms. The molecule has 0 aromatic heterocycles. The van der Waals surface area contributed by atoms with Gasteiger partial charge in [0.15, 0.2) is 0 Å². The van der Waals surface area contributed by atoms with Crippen LogP contribution in [-0.2, 0) is 6.42 Å². The first-order chi connectivity index (χ1) is 8.17. The van der Waals surface area contributed by atoms with Gasteiger partial charge in [0.1, 0.15) is 5.75 Å². The zero-order chi connectivity index (χ0) is 12.7. The number of halogens is 1. The highest BCUT2D eigenvalue weighted by molar-refractivity contribution is 7.98. The van der Waals surface area contributed by atoms with Gasteiger partial charge in [0.25, 0.3) is 0 Å². The number of nitrogens with two attached hydrogens (primary N) is 1. The molecule has 0 radical (unpaired) electrons. The van der Waals surface area contributed by atoms with Gasteiger partial charge in [-0.05, 0) is 36.8 Å². The Kier molecular flexibility index (Phi) is 6.78. The molecule has 96 valence electrons. The molecule has 0 spiro atoms. The fraction of sp³-hybridized carbons (Fsp3) is 0.538. The van der Waals surface area contributed by atoms with Gasteiger partial charge in [-0.15, -0.1) is 0 Å². The van der Waals surface area contributed by atoms with Crippen LogP contribution in [0, 0.1) is 0 Å². The third-order valence-corrected chi connectivity index (χ3v) is 3.43. The number of hydrogen-bond acceptors (Lipinski definition) is 3. The molecule has 2 N–H and O–H groups in total. The van der Waals surface area contributed by atoms with Crippen molar-refractivity contribution in [2.45, 2.75) is 25.8 Å².